The van der Waals surface area contributed by atoms with E-state index in [0.717, 1.165) is 17.2 Å². The standard InChI is InChI=1S/C12H16N2S2/c1-8(11-4-5-15-7-11)13-6-12-9(2)14-10(3)16-12/h4-5,7-8,13H,6H2,1-3H3. The van der Waals surface area contributed by atoms with Crippen LogP contribution in [0.1, 0.15) is 34.1 Å². The molecule has 2 rings (SSSR count). The van der Waals surface area contributed by atoms with Crippen molar-refractivity contribution < 1.29 is 0 Å². The molecule has 0 saturated carbocycles. The molecule has 1 atom stereocenters. The number of nitrogens with one attached hydrogen (secondary N) is 1. The summed E-state index contributed by atoms with van der Waals surface area (Å²) in [5.74, 6) is 0. The Labute approximate surface area is 104 Å². The summed E-state index contributed by atoms with van der Waals surface area (Å²) in [5, 5.41) is 9.00. The second kappa shape index (κ2) is 5.08. The van der Waals surface area contributed by atoms with Crippen molar-refractivity contribution in [2.24, 2.45) is 0 Å². The third kappa shape index (κ3) is 2.70. The van der Waals surface area contributed by atoms with E-state index in [2.05, 4.69) is 47.9 Å². The van der Waals surface area contributed by atoms with Gasteiger partial charge in [0.25, 0.3) is 0 Å². The first-order chi connectivity index (χ1) is 7.66. The fraction of sp³-hybridized carbons (Fsp3) is 0.417. The molecule has 0 amide bonds. The Hall–Kier alpha value is -0.710. The lowest BCUT2D eigenvalue weighted by atomic mass is 10.2. The third-order valence-electron chi connectivity index (χ3n) is 2.61. The van der Waals surface area contributed by atoms with Crippen LogP contribution in [0.5, 0.6) is 0 Å². The van der Waals surface area contributed by atoms with Crippen LogP contribution in [-0.4, -0.2) is 4.98 Å². The highest BCUT2D eigenvalue weighted by molar-refractivity contribution is 7.11. The van der Waals surface area contributed by atoms with Gasteiger partial charge in [-0.15, -0.1) is 11.3 Å². The summed E-state index contributed by atoms with van der Waals surface area (Å²) >= 11 is 3.53. The predicted molar refractivity (Wildman–Crippen MR) is 71.2 cm³/mol. The maximum Gasteiger partial charge on any atom is 0.0900 e. The molecule has 1 N–H and O–H groups in total. The third-order valence-corrected chi connectivity index (χ3v) is 4.39. The molecule has 2 aromatic rings. The number of aryl methyl sites for hydroxylation is 2. The van der Waals surface area contributed by atoms with E-state index >= 15 is 0 Å². The Morgan fingerprint density at radius 2 is 2.25 bits per heavy atom. The molecule has 2 nitrogen and oxygen atoms in total. The van der Waals surface area contributed by atoms with Crippen molar-refractivity contribution in [3.05, 3.63) is 38.0 Å². The summed E-state index contributed by atoms with van der Waals surface area (Å²) in [5.41, 5.74) is 2.52. The van der Waals surface area contributed by atoms with Crippen LogP contribution in [0.25, 0.3) is 0 Å². The zero-order valence-corrected chi connectivity index (χ0v) is 11.4. The topological polar surface area (TPSA) is 24.9 Å². The van der Waals surface area contributed by atoms with E-state index < -0.39 is 0 Å². The number of hydrogen-bond donors (Lipinski definition) is 1. The molecule has 0 saturated heterocycles. The van der Waals surface area contributed by atoms with Gasteiger partial charge in [0.2, 0.25) is 0 Å². The molecule has 0 fully saturated rings. The Balaban J connectivity index is 1.95. The number of rotatable bonds is 4. The summed E-state index contributed by atoms with van der Waals surface area (Å²) < 4.78 is 0. The molecule has 86 valence electrons. The predicted octanol–water partition coefficient (Wildman–Crippen LogP) is 3.67. The van der Waals surface area contributed by atoms with Gasteiger partial charge in [-0.3, -0.25) is 0 Å². The van der Waals surface area contributed by atoms with Gasteiger partial charge in [-0.1, -0.05) is 0 Å². The lowest BCUT2D eigenvalue weighted by Gasteiger charge is -2.11. The maximum atomic E-state index is 4.43. The second-order valence-electron chi connectivity index (χ2n) is 3.90. The van der Waals surface area contributed by atoms with Crippen molar-refractivity contribution in [3.63, 3.8) is 0 Å². The van der Waals surface area contributed by atoms with Crippen molar-refractivity contribution in [2.45, 2.75) is 33.4 Å². The van der Waals surface area contributed by atoms with Crippen molar-refractivity contribution in [2.75, 3.05) is 0 Å². The molecule has 4 heteroatoms. The lowest BCUT2D eigenvalue weighted by molar-refractivity contribution is 0.578. The molecule has 0 radical (unpaired) electrons. The highest BCUT2D eigenvalue weighted by atomic mass is 32.1. The molecule has 0 aliphatic heterocycles. The van der Waals surface area contributed by atoms with Crippen molar-refractivity contribution in [1.82, 2.24) is 10.3 Å². The fourth-order valence-corrected chi connectivity index (χ4v) is 3.26. The Morgan fingerprint density at radius 3 is 2.81 bits per heavy atom. The average molecular weight is 252 g/mol. The second-order valence-corrected chi connectivity index (χ2v) is 5.97. The monoisotopic (exact) mass is 252 g/mol. The van der Waals surface area contributed by atoms with Crippen LogP contribution in [0.3, 0.4) is 0 Å². The zero-order valence-electron chi connectivity index (χ0n) is 9.78. The number of nitrogens with zero attached hydrogens (tertiary/aromatic N) is 1. The molecular formula is C12H16N2S2. The van der Waals surface area contributed by atoms with E-state index in [9.17, 15) is 0 Å². The minimum atomic E-state index is 0.410. The maximum absolute atomic E-state index is 4.43. The Morgan fingerprint density at radius 1 is 1.44 bits per heavy atom. The van der Waals surface area contributed by atoms with Crippen molar-refractivity contribution in [3.8, 4) is 0 Å². The minimum absolute atomic E-state index is 0.410. The van der Waals surface area contributed by atoms with E-state index in [1.807, 2.05) is 0 Å². The summed E-state index contributed by atoms with van der Waals surface area (Å²) in [7, 11) is 0. The summed E-state index contributed by atoms with van der Waals surface area (Å²) in [4.78, 5) is 5.78. The highest BCUT2D eigenvalue weighted by Crippen LogP contribution is 2.20. The molecule has 0 bridgehead atoms. The Bertz CT molecular complexity index is 446. The number of aromatic nitrogens is 1. The van der Waals surface area contributed by atoms with Gasteiger partial charge in [0.15, 0.2) is 0 Å². The van der Waals surface area contributed by atoms with E-state index in [1.54, 1.807) is 22.7 Å². The molecule has 16 heavy (non-hydrogen) atoms. The van der Waals surface area contributed by atoms with Crippen LogP contribution in [-0.2, 0) is 6.54 Å². The van der Waals surface area contributed by atoms with Gasteiger partial charge >= 0.3 is 0 Å². The van der Waals surface area contributed by atoms with E-state index in [4.69, 9.17) is 0 Å². The normalized spacial score (nSPS) is 12.9. The van der Waals surface area contributed by atoms with Gasteiger partial charge in [0.1, 0.15) is 0 Å². The molecule has 0 aliphatic rings. The molecule has 2 heterocycles. The lowest BCUT2D eigenvalue weighted by Crippen LogP contribution is -2.17. The SMILES string of the molecule is Cc1nc(C)c(CNC(C)c2ccsc2)s1. The van der Waals surface area contributed by atoms with Crippen LogP contribution in [0.4, 0.5) is 0 Å². The van der Waals surface area contributed by atoms with Crippen molar-refractivity contribution >= 4 is 22.7 Å². The van der Waals surface area contributed by atoms with Crippen LogP contribution >= 0.6 is 22.7 Å². The van der Waals surface area contributed by atoms with Gasteiger partial charge < -0.3 is 5.32 Å². The smallest absolute Gasteiger partial charge is 0.0900 e. The summed E-state index contributed by atoms with van der Waals surface area (Å²) in [6.45, 7) is 7.25. The first-order valence-electron chi connectivity index (χ1n) is 5.35. The highest BCUT2D eigenvalue weighted by Gasteiger charge is 2.08. The van der Waals surface area contributed by atoms with Gasteiger partial charge in [-0.05, 0) is 43.2 Å². The van der Waals surface area contributed by atoms with Gasteiger partial charge in [0, 0.05) is 17.5 Å². The molecule has 0 spiro atoms. The first-order valence-corrected chi connectivity index (χ1v) is 7.11. The zero-order chi connectivity index (χ0) is 11.5. The molecule has 0 aliphatic carbocycles. The van der Waals surface area contributed by atoms with E-state index in [-0.39, 0.29) is 0 Å². The number of hydrogen-bond acceptors (Lipinski definition) is 4. The number of thiazole rings is 1. The fourth-order valence-electron chi connectivity index (χ4n) is 1.62. The Kier molecular flexibility index (Phi) is 3.74. The molecular weight excluding hydrogens is 236 g/mol. The minimum Gasteiger partial charge on any atom is -0.305 e. The van der Waals surface area contributed by atoms with E-state index in [0.29, 0.717) is 6.04 Å². The quantitative estimate of drug-likeness (QED) is 0.898. The van der Waals surface area contributed by atoms with Crippen LogP contribution in [0.15, 0.2) is 16.8 Å². The van der Waals surface area contributed by atoms with Gasteiger partial charge in [-0.25, -0.2) is 4.98 Å². The van der Waals surface area contributed by atoms with E-state index in [1.165, 1.54) is 10.4 Å². The molecule has 2 aromatic heterocycles. The summed E-state index contributed by atoms with van der Waals surface area (Å²) in [6, 6.07) is 2.58. The van der Waals surface area contributed by atoms with Gasteiger partial charge in [0.05, 0.1) is 10.7 Å². The van der Waals surface area contributed by atoms with Gasteiger partial charge in [-0.2, -0.15) is 11.3 Å². The molecule has 1 unspecified atom stereocenters. The summed E-state index contributed by atoms with van der Waals surface area (Å²) in [6.07, 6.45) is 0. The first kappa shape index (κ1) is 11.8. The number of thiophene rings is 1. The van der Waals surface area contributed by atoms with Crippen LogP contribution in [0.2, 0.25) is 0 Å². The van der Waals surface area contributed by atoms with Crippen LogP contribution in [0, 0.1) is 13.8 Å². The average Bonchev–Trinajstić information content (AvgIpc) is 2.84. The largest absolute Gasteiger partial charge is 0.305 e. The molecule has 0 aromatic carbocycles. The van der Waals surface area contributed by atoms with Crippen molar-refractivity contribution in [1.29, 1.82) is 0 Å². The van der Waals surface area contributed by atoms with Crippen LogP contribution < -0.4 is 5.32 Å².